The van der Waals surface area contributed by atoms with E-state index in [1.807, 2.05) is 24.0 Å². The summed E-state index contributed by atoms with van der Waals surface area (Å²) in [5.41, 5.74) is 3.71. The quantitative estimate of drug-likeness (QED) is 0.372. The normalized spacial score (nSPS) is 13.2. The van der Waals surface area contributed by atoms with Crippen molar-refractivity contribution < 1.29 is 0 Å². The highest BCUT2D eigenvalue weighted by Crippen LogP contribution is 2.43. The van der Waals surface area contributed by atoms with Crippen molar-refractivity contribution in [3.8, 4) is 0 Å². The summed E-state index contributed by atoms with van der Waals surface area (Å²) in [6.07, 6.45) is 4.03. The van der Waals surface area contributed by atoms with Crippen LogP contribution in [0, 0.1) is 0 Å². The monoisotopic (exact) mass is 348 g/mol. The molecule has 0 fully saturated rings. The largest absolute Gasteiger partial charge is 0.354 e. The zero-order valence-electron chi connectivity index (χ0n) is 12.9. The van der Waals surface area contributed by atoms with Crippen LogP contribution in [0.3, 0.4) is 0 Å². The minimum absolute atomic E-state index is 1.20. The zero-order chi connectivity index (χ0) is 16.2. The summed E-state index contributed by atoms with van der Waals surface area (Å²) in [5, 5.41) is 3.42. The number of para-hydroxylation sites is 2. The van der Waals surface area contributed by atoms with Crippen LogP contribution in [0.15, 0.2) is 93.7 Å². The van der Waals surface area contributed by atoms with E-state index in [-0.39, 0.29) is 0 Å². The Morgan fingerprint density at radius 1 is 0.625 bits per heavy atom. The van der Waals surface area contributed by atoms with Gasteiger partial charge in [0.25, 0.3) is 0 Å². The zero-order valence-corrected chi connectivity index (χ0v) is 14.5. The minimum atomic E-state index is 1.20. The van der Waals surface area contributed by atoms with Gasteiger partial charge in [0.05, 0.1) is 11.4 Å². The molecule has 0 saturated carbocycles. The average molecular weight is 348 g/mol. The van der Waals surface area contributed by atoms with Gasteiger partial charge in [-0.25, -0.2) is 0 Å². The first-order valence-corrected chi connectivity index (χ1v) is 9.34. The maximum absolute atomic E-state index is 3.42. The van der Waals surface area contributed by atoms with Crippen LogP contribution in [-0.4, -0.2) is 0 Å². The maximum atomic E-state index is 3.42. The van der Waals surface area contributed by atoms with E-state index in [0.29, 0.717) is 0 Å². The lowest BCUT2D eigenvalue weighted by Crippen LogP contribution is -1.98. The molecular formula is C20H16N2S2. The van der Waals surface area contributed by atoms with E-state index in [1.165, 1.54) is 31.6 Å². The number of nitrogens with one attached hydrogen (secondary N) is 2. The molecule has 0 saturated heterocycles. The standard InChI is InChI=1S/C12H9NS.C8H7NS/c1-3-7-11-9(5-1)13-10-6-2-4-8-12(10)14-11;1-2-4-8-7(3-1)5-6-9-10-8/h1-8,13H;1-6,9H. The van der Waals surface area contributed by atoms with Crippen molar-refractivity contribution in [2.24, 2.45) is 0 Å². The van der Waals surface area contributed by atoms with Crippen LogP contribution in [0.5, 0.6) is 0 Å². The van der Waals surface area contributed by atoms with E-state index in [4.69, 9.17) is 0 Å². The molecule has 24 heavy (non-hydrogen) atoms. The van der Waals surface area contributed by atoms with Gasteiger partial charge in [-0.2, -0.15) is 0 Å². The second kappa shape index (κ2) is 7.07. The molecule has 0 atom stereocenters. The summed E-state index contributed by atoms with van der Waals surface area (Å²) in [6, 6.07) is 25.1. The van der Waals surface area contributed by atoms with Crippen molar-refractivity contribution in [1.29, 1.82) is 0 Å². The first-order chi connectivity index (χ1) is 11.9. The predicted octanol–water partition coefficient (Wildman–Crippen LogP) is 6.16. The molecule has 0 aromatic heterocycles. The van der Waals surface area contributed by atoms with Crippen molar-refractivity contribution in [3.05, 3.63) is 84.6 Å². The van der Waals surface area contributed by atoms with Crippen LogP contribution in [0.1, 0.15) is 5.56 Å². The Labute approximate surface area is 150 Å². The molecular weight excluding hydrogens is 332 g/mol. The van der Waals surface area contributed by atoms with Crippen LogP contribution in [0.2, 0.25) is 0 Å². The van der Waals surface area contributed by atoms with Crippen molar-refractivity contribution >= 4 is 41.2 Å². The molecule has 5 rings (SSSR count). The topological polar surface area (TPSA) is 24.1 Å². The van der Waals surface area contributed by atoms with Crippen LogP contribution >= 0.6 is 23.7 Å². The Hall–Kier alpha value is -2.30. The van der Waals surface area contributed by atoms with Crippen LogP contribution in [0.25, 0.3) is 6.08 Å². The summed E-state index contributed by atoms with van der Waals surface area (Å²) in [6.45, 7) is 0. The predicted molar refractivity (Wildman–Crippen MR) is 105 cm³/mol. The van der Waals surface area contributed by atoms with Gasteiger partial charge in [-0.3, -0.25) is 0 Å². The summed E-state index contributed by atoms with van der Waals surface area (Å²) >= 11 is 3.47. The molecule has 3 aromatic rings. The highest BCUT2D eigenvalue weighted by Gasteiger charge is 2.13. The van der Waals surface area contributed by atoms with Crippen molar-refractivity contribution in [2.75, 3.05) is 5.32 Å². The van der Waals surface area contributed by atoms with Gasteiger partial charge in [0, 0.05) is 20.9 Å². The molecule has 0 spiro atoms. The number of anilines is 2. The van der Waals surface area contributed by atoms with Crippen LogP contribution in [-0.2, 0) is 0 Å². The molecule has 2 aliphatic heterocycles. The van der Waals surface area contributed by atoms with E-state index < -0.39 is 0 Å². The molecule has 118 valence electrons. The Balaban J connectivity index is 0.000000129. The van der Waals surface area contributed by atoms with E-state index in [1.54, 1.807) is 11.9 Å². The van der Waals surface area contributed by atoms with E-state index in [9.17, 15) is 0 Å². The van der Waals surface area contributed by atoms with Gasteiger partial charge >= 0.3 is 0 Å². The van der Waals surface area contributed by atoms with Gasteiger partial charge < -0.3 is 10.0 Å². The Morgan fingerprint density at radius 2 is 1.21 bits per heavy atom. The fourth-order valence-corrected chi connectivity index (χ4v) is 4.17. The summed E-state index contributed by atoms with van der Waals surface area (Å²) in [4.78, 5) is 3.89. The third-order valence-electron chi connectivity index (χ3n) is 3.68. The number of benzene rings is 3. The number of fused-ring (bicyclic) bond motifs is 3. The number of rotatable bonds is 0. The Bertz CT molecular complexity index is 803. The first-order valence-electron chi connectivity index (χ1n) is 7.71. The number of hydrogen-bond acceptors (Lipinski definition) is 4. The van der Waals surface area contributed by atoms with Crippen molar-refractivity contribution in [1.82, 2.24) is 4.72 Å². The average Bonchev–Trinajstić information content (AvgIpc) is 2.67. The third kappa shape index (κ3) is 3.30. The van der Waals surface area contributed by atoms with Gasteiger partial charge in [-0.1, -0.05) is 54.2 Å². The van der Waals surface area contributed by atoms with Gasteiger partial charge in [0.1, 0.15) is 0 Å². The molecule has 2 nitrogen and oxygen atoms in total. The molecule has 0 unspecified atom stereocenters. The van der Waals surface area contributed by atoms with Crippen molar-refractivity contribution in [2.45, 2.75) is 14.7 Å². The van der Waals surface area contributed by atoms with Crippen LogP contribution in [0.4, 0.5) is 11.4 Å². The Kier molecular flexibility index (Phi) is 4.49. The van der Waals surface area contributed by atoms with Gasteiger partial charge in [0.2, 0.25) is 0 Å². The second-order valence-corrected chi connectivity index (χ2v) is 7.27. The highest BCUT2D eigenvalue weighted by atomic mass is 32.2. The maximum Gasteiger partial charge on any atom is 0.0526 e. The van der Waals surface area contributed by atoms with E-state index >= 15 is 0 Å². The number of hydrogen-bond donors (Lipinski definition) is 2. The molecule has 4 heteroatoms. The van der Waals surface area contributed by atoms with Gasteiger partial charge in [0.15, 0.2) is 0 Å². The molecule has 2 N–H and O–H groups in total. The smallest absolute Gasteiger partial charge is 0.0526 e. The Morgan fingerprint density at radius 3 is 1.88 bits per heavy atom. The molecule has 0 radical (unpaired) electrons. The lowest BCUT2D eigenvalue weighted by Gasteiger charge is -2.19. The SMILES string of the molecule is C1=Cc2ccccc2SN1.c1ccc2c(c1)Nc1ccccc1S2. The minimum Gasteiger partial charge on any atom is -0.354 e. The fraction of sp³-hybridized carbons (Fsp3) is 0. The highest BCUT2D eigenvalue weighted by molar-refractivity contribution is 7.99. The molecule has 0 aliphatic carbocycles. The lowest BCUT2D eigenvalue weighted by atomic mass is 10.2. The fourth-order valence-electron chi connectivity index (χ4n) is 2.51. The summed E-state index contributed by atoms with van der Waals surface area (Å²) in [5.74, 6) is 0. The summed E-state index contributed by atoms with van der Waals surface area (Å²) in [7, 11) is 0. The second-order valence-electron chi connectivity index (χ2n) is 5.31. The van der Waals surface area contributed by atoms with Gasteiger partial charge in [-0.05, 0) is 53.9 Å². The molecule has 0 bridgehead atoms. The van der Waals surface area contributed by atoms with E-state index in [0.717, 1.165) is 0 Å². The third-order valence-corrected chi connectivity index (χ3v) is 5.68. The van der Waals surface area contributed by atoms with Crippen molar-refractivity contribution in [3.63, 3.8) is 0 Å². The van der Waals surface area contributed by atoms with Crippen LogP contribution < -0.4 is 10.0 Å². The van der Waals surface area contributed by atoms with Gasteiger partial charge in [-0.15, -0.1) is 0 Å². The summed E-state index contributed by atoms with van der Waals surface area (Å²) < 4.78 is 3.08. The van der Waals surface area contributed by atoms with E-state index in [2.05, 4.69) is 82.8 Å². The lowest BCUT2D eigenvalue weighted by molar-refractivity contribution is 1.32. The first kappa shape index (κ1) is 15.2. The molecule has 3 aromatic carbocycles. The molecule has 0 amide bonds. The molecule has 2 heterocycles. The molecule has 2 aliphatic rings.